The molecule has 230 valence electrons. The zero-order chi connectivity index (χ0) is 32.4. The minimum absolute atomic E-state index is 0.0984. The molecule has 2 aliphatic heterocycles. The van der Waals surface area contributed by atoms with Crippen molar-refractivity contribution in [3.8, 4) is 44.8 Å². The molecular formula is C46H36N2. The lowest BCUT2D eigenvalue weighted by molar-refractivity contribution is 0.646. The summed E-state index contributed by atoms with van der Waals surface area (Å²) in [5.41, 5.74) is 18.1. The second kappa shape index (κ2) is 9.49. The van der Waals surface area contributed by atoms with Gasteiger partial charge >= 0.3 is 0 Å². The fourth-order valence-electron chi connectivity index (χ4n) is 9.06. The molecule has 2 aromatic heterocycles. The van der Waals surface area contributed by atoms with Crippen LogP contribution in [-0.4, -0.2) is 9.13 Å². The first-order valence-electron chi connectivity index (χ1n) is 17.0. The lowest BCUT2D eigenvalue weighted by Gasteiger charge is -2.22. The van der Waals surface area contributed by atoms with E-state index >= 15 is 0 Å². The zero-order valence-corrected chi connectivity index (χ0v) is 27.8. The van der Waals surface area contributed by atoms with Crippen molar-refractivity contribution < 1.29 is 0 Å². The van der Waals surface area contributed by atoms with Gasteiger partial charge < -0.3 is 9.13 Å². The Hall–Kier alpha value is -5.60. The highest BCUT2D eigenvalue weighted by atomic mass is 15.0. The quantitative estimate of drug-likeness (QED) is 0.187. The highest BCUT2D eigenvalue weighted by Gasteiger charge is 2.41. The van der Waals surface area contributed by atoms with Gasteiger partial charge in [0.05, 0.1) is 22.4 Å². The van der Waals surface area contributed by atoms with E-state index in [0.29, 0.717) is 0 Å². The van der Waals surface area contributed by atoms with Crippen LogP contribution in [0.15, 0.2) is 146 Å². The number of rotatable bonds is 3. The van der Waals surface area contributed by atoms with Gasteiger partial charge in [-0.25, -0.2) is 0 Å². The Kier molecular flexibility index (Phi) is 5.44. The van der Waals surface area contributed by atoms with E-state index in [1.165, 1.54) is 89.1 Å². The number of aromatic nitrogens is 2. The molecule has 8 aromatic rings. The summed E-state index contributed by atoms with van der Waals surface area (Å²) in [6.45, 7) is 9.47. The summed E-state index contributed by atoms with van der Waals surface area (Å²) in [7, 11) is 0. The molecular weight excluding hydrogens is 581 g/mol. The van der Waals surface area contributed by atoms with E-state index in [-0.39, 0.29) is 10.8 Å². The number of hydrogen-bond acceptors (Lipinski definition) is 0. The molecule has 2 nitrogen and oxygen atoms in total. The van der Waals surface area contributed by atoms with Crippen LogP contribution in [0.25, 0.3) is 66.6 Å². The van der Waals surface area contributed by atoms with Crippen molar-refractivity contribution in [2.45, 2.75) is 38.5 Å². The van der Waals surface area contributed by atoms with Crippen LogP contribution < -0.4 is 0 Å². The van der Waals surface area contributed by atoms with E-state index in [1.807, 2.05) is 0 Å². The maximum absolute atomic E-state index is 2.49. The average molecular weight is 617 g/mol. The normalized spacial score (nSPS) is 15.0. The Labute approximate surface area is 281 Å². The number of hydrogen-bond donors (Lipinski definition) is 0. The van der Waals surface area contributed by atoms with Crippen molar-refractivity contribution in [1.82, 2.24) is 9.13 Å². The molecule has 0 bridgehead atoms. The molecule has 6 aromatic carbocycles. The van der Waals surface area contributed by atoms with Gasteiger partial charge in [0.1, 0.15) is 0 Å². The predicted molar refractivity (Wildman–Crippen MR) is 201 cm³/mol. The molecule has 0 spiro atoms. The van der Waals surface area contributed by atoms with Crippen LogP contribution in [0.4, 0.5) is 0 Å². The lowest BCUT2D eigenvalue weighted by atomic mass is 9.80. The largest absolute Gasteiger partial charge is 0.312 e. The molecule has 0 aliphatic carbocycles. The van der Waals surface area contributed by atoms with Crippen LogP contribution in [0.5, 0.6) is 0 Å². The second-order valence-electron chi connectivity index (χ2n) is 14.6. The molecule has 0 atom stereocenters. The van der Waals surface area contributed by atoms with Gasteiger partial charge in [-0.05, 0) is 57.6 Å². The maximum atomic E-state index is 2.49. The van der Waals surface area contributed by atoms with Crippen LogP contribution in [0.1, 0.15) is 50.2 Å². The number of nitrogens with zero attached hydrogens (tertiary/aromatic N) is 2. The van der Waals surface area contributed by atoms with Gasteiger partial charge in [-0.2, -0.15) is 0 Å². The highest BCUT2D eigenvalue weighted by Crippen LogP contribution is 2.53. The van der Waals surface area contributed by atoms with Crippen molar-refractivity contribution in [1.29, 1.82) is 0 Å². The van der Waals surface area contributed by atoms with E-state index in [1.54, 1.807) is 0 Å². The zero-order valence-electron chi connectivity index (χ0n) is 27.8. The second-order valence-corrected chi connectivity index (χ2v) is 14.6. The van der Waals surface area contributed by atoms with E-state index in [2.05, 4.69) is 182 Å². The molecule has 2 aliphatic rings. The first-order chi connectivity index (χ1) is 23.4. The molecule has 0 radical (unpaired) electrons. The predicted octanol–water partition coefficient (Wildman–Crippen LogP) is 11.9. The van der Waals surface area contributed by atoms with Gasteiger partial charge in [-0.3, -0.25) is 0 Å². The number of benzene rings is 6. The third kappa shape index (κ3) is 3.47. The van der Waals surface area contributed by atoms with Crippen LogP contribution in [0.2, 0.25) is 0 Å². The molecule has 4 heterocycles. The summed E-state index contributed by atoms with van der Waals surface area (Å²) in [6.07, 6.45) is 0. The molecule has 0 saturated carbocycles. The molecule has 0 saturated heterocycles. The third-order valence-corrected chi connectivity index (χ3v) is 11.3. The van der Waals surface area contributed by atoms with Crippen molar-refractivity contribution in [2.24, 2.45) is 0 Å². The SMILES string of the molecule is CC1(C)c2ccccc2-n2c1c(-c1ccc(-c3ccc(-c4c5n(c6ccccc46)-c4ccccc4C5(C)C)cc3)cc1)c1ccccc12. The summed E-state index contributed by atoms with van der Waals surface area (Å²) in [5, 5.41) is 2.62. The Bertz CT molecular complexity index is 2400. The van der Waals surface area contributed by atoms with Gasteiger partial charge in [0.15, 0.2) is 0 Å². The number of fused-ring (bicyclic) bond motifs is 10. The molecule has 48 heavy (non-hydrogen) atoms. The van der Waals surface area contributed by atoms with Crippen LogP contribution >= 0.6 is 0 Å². The minimum Gasteiger partial charge on any atom is -0.312 e. The topological polar surface area (TPSA) is 9.86 Å². The standard InChI is InChI=1S/C46H36N2/c1-45(2)35-15-7-11-19-39(35)47-37-17-9-5-13-33(37)41(43(45)47)31-25-21-29(22-26-31)30-23-27-32(28-24-30)42-34-14-6-10-18-38(34)48-40-20-12-8-16-36(40)46(3,4)44(42)48/h5-28H,1-4H3. The molecule has 0 N–H and O–H groups in total. The van der Waals surface area contributed by atoms with Crippen molar-refractivity contribution in [3.63, 3.8) is 0 Å². The van der Waals surface area contributed by atoms with Crippen molar-refractivity contribution in [2.75, 3.05) is 0 Å². The first-order valence-corrected chi connectivity index (χ1v) is 17.0. The van der Waals surface area contributed by atoms with E-state index < -0.39 is 0 Å². The van der Waals surface area contributed by atoms with Crippen molar-refractivity contribution >= 4 is 21.8 Å². The fourth-order valence-corrected chi connectivity index (χ4v) is 9.06. The average Bonchev–Trinajstić information content (AvgIpc) is 3.79. The summed E-state index contributed by atoms with van der Waals surface area (Å²) >= 11 is 0. The van der Waals surface area contributed by atoms with E-state index in [0.717, 1.165) is 0 Å². The first kappa shape index (κ1) is 27.5. The Morgan fingerprint density at radius 1 is 0.354 bits per heavy atom. The van der Waals surface area contributed by atoms with Crippen LogP contribution in [0.3, 0.4) is 0 Å². The molecule has 0 fully saturated rings. The summed E-state index contributed by atoms with van der Waals surface area (Å²) in [4.78, 5) is 0. The van der Waals surface area contributed by atoms with E-state index in [9.17, 15) is 0 Å². The molecule has 10 rings (SSSR count). The van der Waals surface area contributed by atoms with Gasteiger partial charge in [0.2, 0.25) is 0 Å². The lowest BCUT2D eigenvalue weighted by Crippen LogP contribution is -2.16. The van der Waals surface area contributed by atoms with Crippen LogP contribution in [-0.2, 0) is 10.8 Å². The van der Waals surface area contributed by atoms with Gasteiger partial charge in [0.25, 0.3) is 0 Å². The number of para-hydroxylation sites is 4. The van der Waals surface area contributed by atoms with Crippen LogP contribution in [0, 0.1) is 0 Å². The third-order valence-electron chi connectivity index (χ3n) is 11.3. The Balaban J connectivity index is 1.06. The smallest absolute Gasteiger partial charge is 0.0538 e. The molecule has 2 heteroatoms. The molecule has 0 amide bonds. The van der Waals surface area contributed by atoms with Gasteiger partial charge in [0, 0.05) is 44.1 Å². The van der Waals surface area contributed by atoms with Crippen molar-refractivity contribution in [3.05, 3.63) is 168 Å². The molecule has 0 unspecified atom stereocenters. The van der Waals surface area contributed by atoms with Gasteiger partial charge in [-0.1, -0.05) is 149 Å². The Morgan fingerprint density at radius 3 is 1.10 bits per heavy atom. The van der Waals surface area contributed by atoms with E-state index in [4.69, 9.17) is 0 Å². The maximum Gasteiger partial charge on any atom is 0.0538 e. The monoisotopic (exact) mass is 616 g/mol. The van der Waals surface area contributed by atoms with Gasteiger partial charge in [-0.15, -0.1) is 0 Å². The highest BCUT2D eigenvalue weighted by molar-refractivity contribution is 6.03. The summed E-state index contributed by atoms with van der Waals surface area (Å²) in [6, 6.07) is 54.0. The Morgan fingerprint density at radius 2 is 0.688 bits per heavy atom. The fraction of sp³-hybridized carbons (Fsp3) is 0.130. The summed E-state index contributed by atoms with van der Waals surface area (Å²) < 4.78 is 4.99. The summed E-state index contributed by atoms with van der Waals surface area (Å²) in [5.74, 6) is 0. The minimum atomic E-state index is -0.0984.